The van der Waals surface area contributed by atoms with Crippen molar-refractivity contribution in [2.75, 3.05) is 27.6 Å². The number of carbonyl (C=O) groups is 1. The fourth-order valence-corrected chi connectivity index (χ4v) is 5.57. The van der Waals surface area contributed by atoms with E-state index in [1.54, 1.807) is 57.4 Å². The fraction of sp³-hybridized carbons (Fsp3) is 0.269. The van der Waals surface area contributed by atoms with Gasteiger partial charge >= 0.3 is 5.97 Å². The van der Waals surface area contributed by atoms with Crippen molar-refractivity contribution >= 4 is 35.0 Å². The number of esters is 1. The first-order valence-electron chi connectivity index (χ1n) is 11.4. The van der Waals surface area contributed by atoms with Crippen LogP contribution in [0.3, 0.4) is 0 Å². The average molecular weight is 543 g/mol. The zero-order valence-electron chi connectivity index (χ0n) is 20.5. The van der Waals surface area contributed by atoms with Gasteiger partial charge in [0, 0.05) is 11.6 Å². The van der Waals surface area contributed by atoms with Crippen LogP contribution in [0.25, 0.3) is 6.08 Å². The number of hydrogen-bond acceptors (Lipinski definition) is 9. The Kier molecular flexibility index (Phi) is 6.70. The molecule has 0 amide bonds. The zero-order valence-corrected chi connectivity index (χ0v) is 22.1. The van der Waals surface area contributed by atoms with Gasteiger partial charge in [0.25, 0.3) is 5.56 Å². The van der Waals surface area contributed by atoms with Gasteiger partial charge < -0.3 is 23.7 Å². The zero-order chi connectivity index (χ0) is 26.3. The van der Waals surface area contributed by atoms with Crippen molar-refractivity contribution in [3.63, 3.8) is 0 Å². The van der Waals surface area contributed by atoms with Gasteiger partial charge in [-0.25, -0.2) is 9.79 Å². The molecule has 2 aliphatic heterocycles. The van der Waals surface area contributed by atoms with Crippen LogP contribution in [0.4, 0.5) is 0 Å². The maximum Gasteiger partial charge on any atom is 0.338 e. The highest BCUT2D eigenvalue weighted by atomic mass is 35.5. The molecule has 0 N–H and O–H groups in total. The van der Waals surface area contributed by atoms with Gasteiger partial charge in [-0.2, -0.15) is 0 Å². The Bertz CT molecular complexity index is 1620. The summed E-state index contributed by atoms with van der Waals surface area (Å²) >= 11 is 7.65. The van der Waals surface area contributed by atoms with E-state index in [4.69, 9.17) is 35.3 Å². The van der Waals surface area contributed by atoms with E-state index in [0.29, 0.717) is 54.2 Å². The number of hydrogen-bond donors (Lipinski definition) is 0. The quantitative estimate of drug-likeness (QED) is 0.441. The summed E-state index contributed by atoms with van der Waals surface area (Å²) in [4.78, 5) is 32.0. The number of nitrogens with zero attached hydrogens (tertiary/aromatic N) is 2. The number of ether oxygens (including phenoxy) is 5. The summed E-state index contributed by atoms with van der Waals surface area (Å²) in [6.07, 6.45) is 1.68. The summed E-state index contributed by atoms with van der Waals surface area (Å²) in [6, 6.07) is 7.74. The molecule has 11 heteroatoms. The molecule has 0 aliphatic carbocycles. The highest BCUT2D eigenvalue weighted by molar-refractivity contribution is 7.07. The number of fused-ring (bicyclic) bond motifs is 2. The minimum atomic E-state index is -0.852. The van der Waals surface area contributed by atoms with E-state index in [1.165, 1.54) is 23.0 Å². The summed E-state index contributed by atoms with van der Waals surface area (Å²) < 4.78 is 29.1. The SMILES string of the molecule is CCOC(=O)C1=C(C)N=c2s/c(=C/c3cc4c(cc3Cl)OCO4)c(=O)n2[C@@H]1c1cc(OC)ccc1OC. The predicted octanol–water partition coefficient (Wildman–Crippen LogP) is 3.20. The molecule has 0 radical (unpaired) electrons. The maximum atomic E-state index is 13.9. The molecule has 0 saturated heterocycles. The molecule has 3 aromatic rings. The number of halogens is 1. The van der Waals surface area contributed by atoms with Crippen LogP contribution in [-0.2, 0) is 9.53 Å². The van der Waals surface area contributed by atoms with E-state index in [1.807, 2.05) is 0 Å². The Morgan fingerprint density at radius 3 is 2.68 bits per heavy atom. The smallest absolute Gasteiger partial charge is 0.338 e. The molecule has 2 aliphatic rings. The highest BCUT2D eigenvalue weighted by Gasteiger charge is 2.35. The summed E-state index contributed by atoms with van der Waals surface area (Å²) in [5.41, 5.74) is 1.50. The summed E-state index contributed by atoms with van der Waals surface area (Å²) in [6.45, 7) is 3.72. The third-order valence-corrected chi connectivity index (χ3v) is 7.34. The molecular weight excluding hydrogens is 520 g/mol. The Balaban J connectivity index is 1.76. The van der Waals surface area contributed by atoms with Gasteiger partial charge in [-0.3, -0.25) is 9.36 Å². The normalized spacial score (nSPS) is 16.4. The number of benzene rings is 2. The van der Waals surface area contributed by atoms with Gasteiger partial charge in [0.15, 0.2) is 16.3 Å². The molecule has 1 aromatic heterocycles. The van der Waals surface area contributed by atoms with Crippen LogP contribution >= 0.6 is 22.9 Å². The molecule has 0 bridgehead atoms. The lowest BCUT2D eigenvalue weighted by molar-refractivity contribution is -0.139. The molecule has 37 heavy (non-hydrogen) atoms. The first-order chi connectivity index (χ1) is 17.9. The van der Waals surface area contributed by atoms with Crippen LogP contribution in [0, 0.1) is 0 Å². The largest absolute Gasteiger partial charge is 0.497 e. The first kappa shape index (κ1) is 24.9. The Labute approximate surface area is 220 Å². The molecule has 0 fully saturated rings. The van der Waals surface area contributed by atoms with Crippen molar-refractivity contribution in [2.45, 2.75) is 19.9 Å². The number of aromatic nitrogens is 1. The van der Waals surface area contributed by atoms with Crippen LogP contribution in [-0.4, -0.2) is 38.2 Å². The van der Waals surface area contributed by atoms with E-state index >= 15 is 0 Å². The first-order valence-corrected chi connectivity index (χ1v) is 12.6. The molecular formula is C26H23ClN2O7S. The number of carbonyl (C=O) groups excluding carboxylic acids is 1. The van der Waals surface area contributed by atoms with E-state index in [-0.39, 0.29) is 24.5 Å². The van der Waals surface area contributed by atoms with Crippen molar-refractivity contribution in [1.29, 1.82) is 0 Å². The number of methoxy groups -OCH3 is 2. The lowest BCUT2D eigenvalue weighted by Gasteiger charge is -2.26. The third-order valence-electron chi connectivity index (χ3n) is 6.03. The van der Waals surface area contributed by atoms with Crippen molar-refractivity contribution in [3.8, 4) is 23.0 Å². The van der Waals surface area contributed by atoms with Crippen LogP contribution in [0.1, 0.15) is 31.0 Å². The van der Waals surface area contributed by atoms with E-state index in [9.17, 15) is 9.59 Å². The maximum absolute atomic E-state index is 13.9. The van der Waals surface area contributed by atoms with Gasteiger partial charge in [0.2, 0.25) is 6.79 Å². The second-order valence-corrected chi connectivity index (χ2v) is 9.55. The van der Waals surface area contributed by atoms with Crippen molar-refractivity contribution in [1.82, 2.24) is 4.57 Å². The van der Waals surface area contributed by atoms with Gasteiger partial charge in [-0.15, -0.1) is 0 Å². The molecule has 1 atom stereocenters. The second-order valence-electron chi connectivity index (χ2n) is 8.14. The number of rotatable bonds is 6. The summed E-state index contributed by atoms with van der Waals surface area (Å²) in [5, 5.41) is 0.407. The number of allylic oxidation sites excluding steroid dienone is 1. The Morgan fingerprint density at radius 2 is 1.97 bits per heavy atom. The van der Waals surface area contributed by atoms with E-state index in [0.717, 1.165) is 0 Å². The van der Waals surface area contributed by atoms with Gasteiger partial charge in [-0.1, -0.05) is 22.9 Å². The summed E-state index contributed by atoms with van der Waals surface area (Å²) in [5.74, 6) is 1.55. The highest BCUT2D eigenvalue weighted by Crippen LogP contribution is 2.39. The second kappa shape index (κ2) is 9.95. The van der Waals surface area contributed by atoms with Gasteiger partial charge in [0.05, 0.1) is 41.7 Å². The minimum Gasteiger partial charge on any atom is -0.497 e. The fourth-order valence-electron chi connectivity index (χ4n) is 4.32. The molecule has 9 nitrogen and oxygen atoms in total. The molecule has 5 rings (SSSR count). The molecule has 2 aromatic carbocycles. The molecule has 192 valence electrons. The van der Waals surface area contributed by atoms with Crippen LogP contribution in [0.2, 0.25) is 5.02 Å². The van der Waals surface area contributed by atoms with Gasteiger partial charge in [-0.05, 0) is 49.8 Å². The standard InChI is InChI=1S/C26H23ClN2O7S/c1-5-34-25(31)22-13(2)28-26-29(23(22)16-10-15(32-3)6-7-18(16)33-4)24(30)21(37-26)9-14-8-19-20(11-17(14)27)36-12-35-19/h6-11,23H,5,12H2,1-4H3/b21-9+/t23-/m1/s1. The van der Waals surface area contributed by atoms with Crippen molar-refractivity contribution < 1.29 is 28.5 Å². The van der Waals surface area contributed by atoms with Crippen molar-refractivity contribution in [2.24, 2.45) is 4.99 Å². The monoisotopic (exact) mass is 542 g/mol. The molecule has 3 heterocycles. The Morgan fingerprint density at radius 1 is 1.22 bits per heavy atom. The average Bonchev–Trinajstić information content (AvgIpc) is 3.46. The van der Waals surface area contributed by atoms with E-state index < -0.39 is 12.0 Å². The third kappa shape index (κ3) is 4.36. The van der Waals surface area contributed by atoms with Crippen molar-refractivity contribution in [3.05, 3.63) is 77.4 Å². The molecule has 0 spiro atoms. The predicted molar refractivity (Wildman–Crippen MR) is 138 cm³/mol. The van der Waals surface area contributed by atoms with Crippen LogP contribution in [0.5, 0.6) is 23.0 Å². The minimum absolute atomic E-state index is 0.107. The topological polar surface area (TPSA) is 97.6 Å². The Hall–Kier alpha value is -3.76. The lowest BCUT2D eigenvalue weighted by atomic mass is 9.94. The number of thiazole rings is 1. The van der Waals surface area contributed by atoms with Crippen LogP contribution < -0.4 is 33.8 Å². The van der Waals surface area contributed by atoms with E-state index in [2.05, 4.69) is 4.99 Å². The van der Waals surface area contributed by atoms with Gasteiger partial charge in [0.1, 0.15) is 17.5 Å². The van der Waals surface area contributed by atoms with Crippen LogP contribution in [0.15, 0.2) is 51.4 Å². The molecule has 0 saturated carbocycles. The summed E-state index contributed by atoms with van der Waals surface area (Å²) in [7, 11) is 3.07. The lowest BCUT2D eigenvalue weighted by Crippen LogP contribution is -2.40. The molecule has 0 unspecified atom stereocenters.